The molecule has 0 saturated carbocycles. The summed E-state index contributed by atoms with van der Waals surface area (Å²) >= 11 is 0. The van der Waals surface area contributed by atoms with Gasteiger partial charge in [-0.15, -0.1) is 0 Å². The summed E-state index contributed by atoms with van der Waals surface area (Å²) in [5.41, 5.74) is 20.0. The zero-order valence-electron chi connectivity index (χ0n) is 32.2. The maximum absolute atomic E-state index is 2.54. The van der Waals surface area contributed by atoms with E-state index in [2.05, 4.69) is 219 Å². The lowest BCUT2D eigenvalue weighted by molar-refractivity contribution is 0.660. The third kappa shape index (κ3) is 4.56. The highest BCUT2D eigenvalue weighted by molar-refractivity contribution is 6.09. The number of aromatic nitrogens is 1. The fraction of sp³-hybridized carbons (Fsp3) is 0.111. The number of anilines is 3. The minimum absolute atomic E-state index is 0.0720. The molecule has 0 aliphatic heterocycles. The summed E-state index contributed by atoms with van der Waals surface area (Å²) in [5.74, 6) is 0. The first-order valence-corrected chi connectivity index (χ1v) is 19.8. The van der Waals surface area contributed by atoms with E-state index >= 15 is 0 Å². The van der Waals surface area contributed by atoms with Crippen molar-refractivity contribution in [2.45, 2.75) is 38.5 Å². The average molecular weight is 719 g/mol. The minimum Gasteiger partial charge on any atom is -0.309 e. The molecule has 0 radical (unpaired) electrons. The standard InChI is InChI=1S/C54H42N2/c1-53(2)44-24-10-5-20-39(44)43-34-37(31-32-46(43)53)56(51-30-16-26-47-52(51)42-23-6-11-25-45(42)54(47,3)4)48-27-12-7-19-38(48)35-17-15-18-36(33-35)55-49-28-13-8-21-40(49)41-22-9-14-29-50(41)55/h5-34H,1-4H3. The van der Waals surface area contributed by atoms with Crippen molar-refractivity contribution in [3.8, 4) is 39.1 Å². The first-order chi connectivity index (χ1) is 27.3. The maximum atomic E-state index is 2.54. The molecule has 1 heterocycles. The summed E-state index contributed by atoms with van der Waals surface area (Å²) in [6.07, 6.45) is 0. The van der Waals surface area contributed by atoms with Crippen LogP contribution in [0.3, 0.4) is 0 Å². The average Bonchev–Trinajstić information content (AvgIpc) is 3.79. The van der Waals surface area contributed by atoms with Crippen molar-refractivity contribution in [1.82, 2.24) is 4.57 Å². The first-order valence-electron chi connectivity index (χ1n) is 19.8. The third-order valence-corrected chi connectivity index (χ3v) is 12.8. The van der Waals surface area contributed by atoms with Crippen molar-refractivity contribution in [3.05, 3.63) is 204 Å². The van der Waals surface area contributed by atoms with Crippen LogP contribution >= 0.6 is 0 Å². The Morgan fingerprint density at radius 1 is 0.393 bits per heavy atom. The van der Waals surface area contributed by atoms with Crippen LogP contribution in [0, 0.1) is 0 Å². The van der Waals surface area contributed by atoms with E-state index in [0.29, 0.717) is 0 Å². The number of rotatable bonds is 5. The summed E-state index contributed by atoms with van der Waals surface area (Å²) in [5, 5.41) is 2.53. The second kappa shape index (κ2) is 11.9. The number of nitrogens with zero attached hydrogens (tertiary/aromatic N) is 2. The molecule has 0 bridgehead atoms. The predicted octanol–water partition coefficient (Wildman–Crippen LogP) is 14.5. The quantitative estimate of drug-likeness (QED) is 0.172. The molecule has 0 atom stereocenters. The van der Waals surface area contributed by atoms with Crippen molar-refractivity contribution in [1.29, 1.82) is 0 Å². The van der Waals surface area contributed by atoms with Crippen molar-refractivity contribution in [2.75, 3.05) is 4.90 Å². The molecule has 2 heteroatoms. The van der Waals surface area contributed by atoms with E-state index in [1.54, 1.807) is 0 Å². The molecule has 2 aliphatic carbocycles. The molecule has 0 amide bonds. The molecule has 2 nitrogen and oxygen atoms in total. The van der Waals surface area contributed by atoms with Crippen molar-refractivity contribution in [3.63, 3.8) is 0 Å². The molecular weight excluding hydrogens is 677 g/mol. The van der Waals surface area contributed by atoms with Crippen LogP contribution < -0.4 is 4.90 Å². The monoisotopic (exact) mass is 718 g/mol. The van der Waals surface area contributed by atoms with E-state index in [1.807, 2.05) is 0 Å². The van der Waals surface area contributed by atoms with Gasteiger partial charge in [0.25, 0.3) is 0 Å². The summed E-state index contributed by atoms with van der Waals surface area (Å²) in [7, 11) is 0. The number of benzene rings is 8. The van der Waals surface area contributed by atoms with E-state index < -0.39 is 0 Å². The van der Waals surface area contributed by atoms with Crippen LogP contribution in [0.25, 0.3) is 60.9 Å². The molecule has 0 saturated heterocycles. The van der Waals surface area contributed by atoms with Crippen LogP contribution in [0.4, 0.5) is 17.1 Å². The molecule has 9 aromatic rings. The minimum atomic E-state index is -0.120. The van der Waals surface area contributed by atoms with Gasteiger partial charge in [-0.3, -0.25) is 0 Å². The van der Waals surface area contributed by atoms with Crippen molar-refractivity contribution in [2.24, 2.45) is 0 Å². The largest absolute Gasteiger partial charge is 0.309 e. The Balaban J connectivity index is 1.16. The van der Waals surface area contributed by atoms with Crippen LogP contribution in [0.5, 0.6) is 0 Å². The number of fused-ring (bicyclic) bond motifs is 9. The molecule has 0 N–H and O–H groups in total. The smallest absolute Gasteiger partial charge is 0.0543 e. The predicted molar refractivity (Wildman–Crippen MR) is 236 cm³/mol. The van der Waals surface area contributed by atoms with Gasteiger partial charge in [-0.2, -0.15) is 0 Å². The second-order valence-electron chi connectivity index (χ2n) is 16.5. The Morgan fingerprint density at radius 2 is 0.929 bits per heavy atom. The lowest BCUT2D eigenvalue weighted by Crippen LogP contribution is -2.17. The van der Waals surface area contributed by atoms with Gasteiger partial charge in [-0.05, 0) is 93.0 Å². The topological polar surface area (TPSA) is 8.17 Å². The molecule has 0 unspecified atom stereocenters. The maximum Gasteiger partial charge on any atom is 0.0543 e. The van der Waals surface area contributed by atoms with E-state index in [0.717, 1.165) is 17.1 Å². The van der Waals surface area contributed by atoms with E-state index in [-0.39, 0.29) is 10.8 Å². The van der Waals surface area contributed by atoms with Crippen molar-refractivity contribution >= 4 is 38.9 Å². The molecule has 2 aliphatic rings. The van der Waals surface area contributed by atoms with Gasteiger partial charge in [0.2, 0.25) is 0 Å². The van der Waals surface area contributed by atoms with Gasteiger partial charge in [-0.25, -0.2) is 0 Å². The van der Waals surface area contributed by atoms with Gasteiger partial charge in [0.1, 0.15) is 0 Å². The van der Waals surface area contributed by atoms with Crippen molar-refractivity contribution < 1.29 is 0 Å². The van der Waals surface area contributed by atoms with E-state index in [4.69, 9.17) is 0 Å². The van der Waals surface area contributed by atoms with Gasteiger partial charge in [0.15, 0.2) is 0 Å². The van der Waals surface area contributed by atoms with Crippen LogP contribution in [0.1, 0.15) is 49.9 Å². The normalized spacial score (nSPS) is 14.4. The molecule has 268 valence electrons. The fourth-order valence-corrected chi connectivity index (χ4v) is 10.1. The molecule has 56 heavy (non-hydrogen) atoms. The highest BCUT2D eigenvalue weighted by Crippen LogP contribution is 2.56. The van der Waals surface area contributed by atoms with Gasteiger partial charge in [0.05, 0.1) is 22.4 Å². The van der Waals surface area contributed by atoms with Gasteiger partial charge >= 0.3 is 0 Å². The molecule has 8 aromatic carbocycles. The van der Waals surface area contributed by atoms with E-state index in [9.17, 15) is 0 Å². The molecule has 0 spiro atoms. The Kier molecular flexibility index (Phi) is 6.98. The molecule has 1 aromatic heterocycles. The fourth-order valence-electron chi connectivity index (χ4n) is 10.1. The third-order valence-electron chi connectivity index (χ3n) is 12.8. The highest BCUT2D eigenvalue weighted by atomic mass is 15.1. The Morgan fingerprint density at radius 3 is 1.68 bits per heavy atom. The summed E-state index contributed by atoms with van der Waals surface area (Å²) in [6.45, 7) is 9.46. The van der Waals surface area contributed by atoms with Crippen LogP contribution in [0.2, 0.25) is 0 Å². The molecule has 11 rings (SSSR count). The number of hydrogen-bond donors (Lipinski definition) is 0. The molecule has 0 fully saturated rings. The highest BCUT2D eigenvalue weighted by Gasteiger charge is 2.39. The lowest BCUT2D eigenvalue weighted by Gasteiger charge is -2.31. The van der Waals surface area contributed by atoms with Crippen LogP contribution in [-0.2, 0) is 10.8 Å². The summed E-state index contributed by atoms with van der Waals surface area (Å²) in [4.78, 5) is 2.54. The number of hydrogen-bond acceptors (Lipinski definition) is 1. The summed E-state index contributed by atoms with van der Waals surface area (Å²) < 4.78 is 2.41. The zero-order valence-corrected chi connectivity index (χ0v) is 32.2. The SMILES string of the molecule is CC1(C)c2ccccc2-c2cc(N(c3ccccc3-c3cccc(-n4c5ccccc5c5ccccc54)c3)c3cccc4c3-c3ccccc3C4(C)C)ccc21. The Hall–Kier alpha value is -6.64. The lowest BCUT2D eigenvalue weighted by atomic mass is 9.82. The molecular formula is C54H42N2. The first kappa shape index (κ1) is 32.8. The Labute approximate surface area is 328 Å². The van der Waals surface area contributed by atoms with Crippen LogP contribution in [-0.4, -0.2) is 4.57 Å². The van der Waals surface area contributed by atoms with Crippen LogP contribution in [0.15, 0.2) is 182 Å². The summed E-state index contributed by atoms with van der Waals surface area (Å²) in [6, 6.07) is 67.6. The van der Waals surface area contributed by atoms with Gasteiger partial charge in [0, 0.05) is 44.1 Å². The van der Waals surface area contributed by atoms with E-state index in [1.165, 1.54) is 83.1 Å². The number of para-hydroxylation sites is 3. The van der Waals surface area contributed by atoms with Gasteiger partial charge < -0.3 is 9.47 Å². The van der Waals surface area contributed by atoms with Gasteiger partial charge in [-0.1, -0.05) is 161 Å². The zero-order chi connectivity index (χ0) is 37.8. The Bertz CT molecular complexity index is 2990. The second-order valence-corrected chi connectivity index (χ2v) is 16.5.